The molecule has 0 amide bonds. The molecular formula is C19H18Cl2N4O3S. The summed E-state index contributed by atoms with van der Waals surface area (Å²) >= 11 is 13.5. The summed E-state index contributed by atoms with van der Waals surface area (Å²) in [5.74, 6) is 1.94. The topological polar surface area (TPSA) is 78.3 Å². The van der Waals surface area contributed by atoms with E-state index in [1.54, 1.807) is 39.5 Å². The smallest absolute Gasteiger partial charge is 0.297 e. The van der Waals surface area contributed by atoms with Crippen LogP contribution >= 0.6 is 35.0 Å². The molecule has 3 rings (SSSR count). The molecule has 29 heavy (non-hydrogen) atoms. The third kappa shape index (κ3) is 4.77. The average Bonchev–Trinajstić information content (AvgIpc) is 2.73. The number of anilines is 2. The predicted octanol–water partition coefficient (Wildman–Crippen LogP) is 4.54. The van der Waals surface area contributed by atoms with Gasteiger partial charge in [-0.3, -0.25) is 9.36 Å². The van der Waals surface area contributed by atoms with Gasteiger partial charge in [-0.25, -0.2) is 0 Å². The first kappa shape index (κ1) is 21.3. The van der Waals surface area contributed by atoms with Gasteiger partial charge in [-0.05, 0) is 29.8 Å². The Morgan fingerprint density at radius 3 is 2.59 bits per heavy atom. The van der Waals surface area contributed by atoms with Gasteiger partial charge in [0, 0.05) is 12.8 Å². The summed E-state index contributed by atoms with van der Waals surface area (Å²) in [7, 11) is 4.81. The van der Waals surface area contributed by atoms with Crippen molar-refractivity contribution in [3.05, 3.63) is 62.4 Å². The summed E-state index contributed by atoms with van der Waals surface area (Å²) in [6, 6.07) is 10.7. The SMILES string of the molecule is COc1ccc(CSc2nnc(Nc3cccc(Cl)c3Cl)c(=O)n2C)cc1OC. The zero-order chi connectivity index (χ0) is 21.0. The summed E-state index contributed by atoms with van der Waals surface area (Å²) in [6.45, 7) is 0. The lowest BCUT2D eigenvalue weighted by molar-refractivity contribution is 0.354. The second kappa shape index (κ2) is 9.39. The molecule has 0 radical (unpaired) electrons. The molecule has 7 nitrogen and oxygen atoms in total. The molecule has 152 valence electrons. The van der Waals surface area contributed by atoms with Gasteiger partial charge in [-0.2, -0.15) is 0 Å². The Morgan fingerprint density at radius 1 is 1.10 bits per heavy atom. The number of hydrogen-bond acceptors (Lipinski definition) is 7. The maximum atomic E-state index is 12.7. The lowest BCUT2D eigenvalue weighted by atomic mass is 10.2. The largest absolute Gasteiger partial charge is 0.493 e. The van der Waals surface area contributed by atoms with Gasteiger partial charge in [-0.1, -0.05) is 47.1 Å². The van der Waals surface area contributed by atoms with Crippen LogP contribution in [0.1, 0.15) is 5.56 Å². The number of ether oxygens (including phenoxy) is 2. The minimum Gasteiger partial charge on any atom is -0.493 e. The molecule has 0 fully saturated rings. The minimum atomic E-state index is -0.328. The van der Waals surface area contributed by atoms with Gasteiger partial charge in [0.25, 0.3) is 5.56 Å². The molecule has 0 aliphatic rings. The van der Waals surface area contributed by atoms with Crippen LogP contribution in [-0.4, -0.2) is 29.0 Å². The van der Waals surface area contributed by atoms with Crippen LogP contribution in [0.3, 0.4) is 0 Å². The van der Waals surface area contributed by atoms with E-state index >= 15 is 0 Å². The van der Waals surface area contributed by atoms with Gasteiger partial charge in [-0.15, -0.1) is 10.2 Å². The Hall–Kier alpha value is -2.42. The number of halogens is 2. The van der Waals surface area contributed by atoms with Crippen molar-refractivity contribution in [2.24, 2.45) is 7.05 Å². The molecule has 0 saturated carbocycles. The lowest BCUT2D eigenvalue weighted by Crippen LogP contribution is -2.24. The van der Waals surface area contributed by atoms with E-state index in [-0.39, 0.29) is 11.4 Å². The zero-order valence-corrected chi connectivity index (χ0v) is 18.2. The quantitative estimate of drug-likeness (QED) is 0.527. The monoisotopic (exact) mass is 452 g/mol. The van der Waals surface area contributed by atoms with Crippen LogP contribution in [0.15, 0.2) is 46.3 Å². The van der Waals surface area contributed by atoms with Crippen molar-refractivity contribution >= 4 is 46.5 Å². The van der Waals surface area contributed by atoms with Crippen LogP contribution in [0, 0.1) is 0 Å². The van der Waals surface area contributed by atoms with Crippen molar-refractivity contribution < 1.29 is 9.47 Å². The first-order valence-corrected chi connectivity index (χ1v) is 10.2. The highest BCUT2D eigenvalue weighted by Crippen LogP contribution is 2.31. The van der Waals surface area contributed by atoms with E-state index in [4.69, 9.17) is 32.7 Å². The summed E-state index contributed by atoms with van der Waals surface area (Å²) in [5, 5.41) is 12.2. The molecule has 10 heteroatoms. The first-order valence-electron chi connectivity index (χ1n) is 8.43. The van der Waals surface area contributed by atoms with E-state index in [1.807, 2.05) is 18.2 Å². The van der Waals surface area contributed by atoms with E-state index < -0.39 is 0 Å². The molecule has 0 spiro atoms. The molecule has 0 saturated heterocycles. The van der Waals surface area contributed by atoms with Crippen LogP contribution in [0.5, 0.6) is 11.5 Å². The van der Waals surface area contributed by atoms with Gasteiger partial charge in [0.2, 0.25) is 5.82 Å². The number of aromatic nitrogens is 3. The van der Waals surface area contributed by atoms with Crippen LogP contribution in [0.2, 0.25) is 10.0 Å². The average molecular weight is 453 g/mol. The Kier molecular flexibility index (Phi) is 6.89. The number of hydrogen-bond donors (Lipinski definition) is 1. The fraction of sp³-hybridized carbons (Fsp3) is 0.211. The third-order valence-electron chi connectivity index (χ3n) is 4.05. The first-order chi connectivity index (χ1) is 13.9. The fourth-order valence-electron chi connectivity index (χ4n) is 2.50. The van der Waals surface area contributed by atoms with Crippen molar-refractivity contribution in [1.82, 2.24) is 14.8 Å². The molecule has 1 aromatic heterocycles. The molecule has 0 bridgehead atoms. The van der Waals surface area contributed by atoms with Gasteiger partial charge >= 0.3 is 0 Å². The minimum absolute atomic E-state index is 0.0622. The number of nitrogens with zero attached hydrogens (tertiary/aromatic N) is 3. The van der Waals surface area contributed by atoms with Gasteiger partial charge in [0.1, 0.15) is 0 Å². The summed E-state index contributed by atoms with van der Waals surface area (Å²) in [5.41, 5.74) is 1.15. The summed E-state index contributed by atoms with van der Waals surface area (Å²) < 4.78 is 12.0. The van der Waals surface area contributed by atoms with Crippen LogP contribution in [0.4, 0.5) is 11.5 Å². The summed E-state index contributed by atoms with van der Waals surface area (Å²) in [6.07, 6.45) is 0. The van der Waals surface area contributed by atoms with E-state index in [0.29, 0.717) is 38.1 Å². The maximum Gasteiger partial charge on any atom is 0.297 e. The zero-order valence-electron chi connectivity index (χ0n) is 15.9. The highest BCUT2D eigenvalue weighted by Gasteiger charge is 2.13. The van der Waals surface area contributed by atoms with Crippen molar-refractivity contribution in [2.45, 2.75) is 10.9 Å². The third-order valence-corrected chi connectivity index (χ3v) is 5.96. The predicted molar refractivity (Wildman–Crippen MR) is 116 cm³/mol. The van der Waals surface area contributed by atoms with Crippen LogP contribution < -0.4 is 20.3 Å². The molecule has 0 aliphatic carbocycles. The second-order valence-electron chi connectivity index (χ2n) is 5.90. The fourth-order valence-corrected chi connectivity index (χ4v) is 3.70. The highest BCUT2D eigenvalue weighted by molar-refractivity contribution is 7.98. The van der Waals surface area contributed by atoms with Crippen molar-refractivity contribution in [1.29, 1.82) is 0 Å². The molecule has 3 aromatic rings. The van der Waals surface area contributed by atoms with Gasteiger partial charge in [0.05, 0.1) is 30.0 Å². The number of nitrogens with one attached hydrogen (secondary N) is 1. The van der Waals surface area contributed by atoms with E-state index in [1.165, 1.54) is 16.3 Å². The number of methoxy groups -OCH3 is 2. The van der Waals surface area contributed by atoms with Crippen molar-refractivity contribution in [3.63, 3.8) is 0 Å². The lowest BCUT2D eigenvalue weighted by Gasteiger charge is -2.11. The highest BCUT2D eigenvalue weighted by atomic mass is 35.5. The Balaban J connectivity index is 1.78. The van der Waals surface area contributed by atoms with E-state index in [9.17, 15) is 4.79 Å². The molecule has 0 aliphatic heterocycles. The maximum absolute atomic E-state index is 12.7. The van der Waals surface area contributed by atoms with Crippen molar-refractivity contribution in [2.75, 3.05) is 19.5 Å². The molecule has 0 unspecified atom stereocenters. The Bertz CT molecular complexity index is 1090. The molecule has 0 atom stereocenters. The Morgan fingerprint density at radius 2 is 1.86 bits per heavy atom. The van der Waals surface area contributed by atoms with E-state index in [0.717, 1.165) is 5.56 Å². The van der Waals surface area contributed by atoms with Gasteiger partial charge < -0.3 is 14.8 Å². The normalized spacial score (nSPS) is 10.7. The Labute approximate surface area is 182 Å². The molecule has 1 N–H and O–H groups in total. The molecular weight excluding hydrogens is 435 g/mol. The van der Waals surface area contributed by atoms with Crippen LogP contribution in [-0.2, 0) is 12.8 Å². The second-order valence-corrected chi connectivity index (χ2v) is 7.63. The van der Waals surface area contributed by atoms with Crippen molar-refractivity contribution in [3.8, 4) is 11.5 Å². The van der Waals surface area contributed by atoms with E-state index in [2.05, 4.69) is 15.5 Å². The summed E-state index contributed by atoms with van der Waals surface area (Å²) in [4.78, 5) is 12.7. The number of benzene rings is 2. The standard InChI is InChI=1S/C19H18Cl2N4O3S/c1-25-18(26)17(22-13-6-4-5-12(20)16(13)21)23-24-19(25)29-10-11-7-8-14(27-2)15(9-11)28-3/h4-9H,10H2,1-3H3,(H,22,23). The van der Waals surface area contributed by atoms with Gasteiger partial charge in [0.15, 0.2) is 16.7 Å². The number of thioether (sulfide) groups is 1. The molecule has 1 heterocycles. The number of rotatable bonds is 7. The molecule has 2 aromatic carbocycles. The van der Waals surface area contributed by atoms with Crippen LogP contribution in [0.25, 0.3) is 0 Å².